The zero-order valence-corrected chi connectivity index (χ0v) is 21.9. The Kier molecular flexibility index (Phi) is 10.8. The van der Waals surface area contributed by atoms with E-state index in [1.54, 1.807) is 46.6 Å². The molecule has 0 radical (unpaired) electrons. The summed E-state index contributed by atoms with van der Waals surface area (Å²) >= 11 is 0. The van der Waals surface area contributed by atoms with Gasteiger partial charge in [0.1, 0.15) is 11.5 Å². The molecule has 0 fully saturated rings. The van der Waals surface area contributed by atoms with E-state index in [0.717, 1.165) is 25.1 Å². The minimum Gasteiger partial charge on any atom is -0.497 e. The third kappa shape index (κ3) is 7.70. The van der Waals surface area contributed by atoms with E-state index in [2.05, 4.69) is 5.32 Å². The monoisotopic (exact) mass is 494 g/mol. The van der Waals surface area contributed by atoms with Crippen LogP contribution in [0.2, 0.25) is 0 Å². The summed E-state index contributed by atoms with van der Waals surface area (Å²) < 4.78 is 49.0. The molecule has 0 amide bonds. The Morgan fingerprint density at radius 1 is 0.824 bits per heavy atom. The molecular weight excluding hydrogens is 456 g/mol. The van der Waals surface area contributed by atoms with Crippen molar-refractivity contribution in [2.24, 2.45) is 0 Å². The molecule has 190 valence electrons. The van der Waals surface area contributed by atoms with E-state index < -0.39 is 10.0 Å². The Hall–Kier alpha value is -2.65. The van der Waals surface area contributed by atoms with E-state index in [-0.39, 0.29) is 11.8 Å². The number of sulfonamides is 1. The SMILES string of the molecule is COc1cc(OC)cc(N(C(C)C)S(=O)(=O)CCCNCCCc2ccc(OC)c(OC)c2)c1. The molecule has 0 saturated carbocycles. The summed E-state index contributed by atoms with van der Waals surface area (Å²) in [5, 5.41) is 3.34. The number of rotatable bonds is 15. The molecule has 2 rings (SSSR count). The highest BCUT2D eigenvalue weighted by Gasteiger charge is 2.26. The third-order valence-corrected chi connectivity index (χ3v) is 7.42. The highest BCUT2D eigenvalue weighted by atomic mass is 32.2. The Bertz CT molecular complexity index is 988. The molecule has 2 aromatic carbocycles. The second-order valence-electron chi connectivity index (χ2n) is 8.17. The van der Waals surface area contributed by atoms with Gasteiger partial charge in [0.25, 0.3) is 0 Å². The molecule has 0 aliphatic rings. The van der Waals surface area contributed by atoms with Crippen LogP contribution in [0.3, 0.4) is 0 Å². The predicted molar refractivity (Wildman–Crippen MR) is 136 cm³/mol. The minimum absolute atomic E-state index is 0.0490. The van der Waals surface area contributed by atoms with Gasteiger partial charge >= 0.3 is 0 Å². The Morgan fingerprint density at radius 3 is 2.00 bits per heavy atom. The molecule has 8 nitrogen and oxygen atoms in total. The molecule has 9 heteroatoms. The van der Waals surface area contributed by atoms with Crippen LogP contribution in [0.1, 0.15) is 32.3 Å². The van der Waals surface area contributed by atoms with Crippen LogP contribution in [0, 0.1) is 0 Å². The zero-order chi connectivity index (χ0) is 25.1. The van der Waals surface area contributed by atoms with Gasteiger partial charge in [0.2, 0.25) is 10.0 Å². The van der Waals surface area contributed by atoms with E-state index in [9.17, 15) is 8.42 Å². The van der Waals surface area contributed by atoms with Crippen molar-refractivity contribution in [2.45, 2.75) is 39.2 Å². The average Bonchev–Trinajstić information content (AvgIpc) is 2.82. The van der Waals surface area contributed by atoms with Gasteiger partial charge < -0.3 is 24.3 Å². The van der Waals surface area contributed by atoms with Crippen LogP contribution in [0.5, 0.6) is 23.0 Å². The molecular formula is C25H38N2O6S. The van der Waals surface area contributed by atoms with Gasteiger partial charge in [-0.25, -0.2) is 8.42 Å². The first-order chi connectivity index (χ1) is 16.2. The number of hydrogen-bond donors (Lipinski definition) is 1. The fourth-order valence-corrected chi connectivity index (χ4v) is 5.53. The summed E-state index contributed by atoms with van der Waals surface area (Å²) in [6.07, 6.45) is 2.34. The number of benzene rings is 2. The molecule has 0 aliphatic heterocycles. The number of nitrogens with one attached hydrogen (secondary N) is 1. The van der Waals surface area contributed by atoms with E-state index in [1.807, 2.05) is 32.0 Å². The third-order valence-electron chi connectivity index (χ3n) is 5.38. The summed E-state index contributed by atoms with van der Waals surface area (Å²) in [4.78, 5) is 0. The normalized spacial score (nSPS) is 11.4. The smallest absolute Gasteiger partial charge is 0.235 e. The van der Waals surface area contributed by atoms with Gasteiger partial charge in [0.05, 0.1) is 39.9 Å². The van der Waals surface area contributed by atoms with Crippen LogP contribution < -0.4 is 28.6 Å². The van der Waals surface area contributed by atoms with Crippen LogP contribution in [0.15, 0.2) is 36.4 Å². The number of aryl methyl sites for hydroxylation is 1. The number of hydrogen-bond acceptors (Lipinski definition) is 7. The van der Waals surface area contributed by atoms with Gasteiger partial charge in [-0.05, 0) is 63.9 Å². The van der Waals surface area contributed by atoms with Crippen molar-refractivity contribution in [2.75, 3.05) is 51.6 Å². The fraction of sp³-hybridized carbons (Fsp3) is 0.520. The first kappa shape index (κ1) is 27.6. The van der Waals surface area contributed by atoms with E-state index in [0.29, 0.717) is 35.9 Å². The van der Waals surface area contributed by atoms with Gasteiger partial charge in [0.15, 0.2) is 11.5 Å². The largest absolute Gasteiger partial charge is 0.497 e. The molecule has 0 aliphatic carbocycles. The molecule has 0 saturated heterocycles. The van der Waals surface area contributed by atoms with Crippen LogP contribution in [0.25, 0.3) is 0 Å². The maximum absolute atomic E-state index is 13.2. The number of anilines is 1. The molecule has 0 atom stereocenters. The topological polar surface area (TPSA) is 86.3 Å². The molecule has 0 bridgehead atoms. The zero-order valence-electron chi connectivity index (χ0n) is 21.1. The molecule has 2 aromatic rings. The average molecular weight is 495 g/mol. The summed E-state index contributed by atoms with van der Waals surface area (Å²) in [6.45, 7) is 5.14. The maximum atomic E-state index is 13.2. The summed E-state index contributed by atoms with van der Waals surface area (Å²) in [7, 11) is 2.82. The predicted octanol–water partition coefficient (Wildman–Crippen LogP) is 3.88. The molecule has 0 aromatic heterocycles. The van der Waals surface area contributed by atoms with Crippen molar-refractivity contribution < 1.29 is 27.4 Å². The van der Waals surface area contributed by atoms with Crippen molar-refractivity contribution in [3.05, 3.63) is 42.0 Å². The van der Waals surface area contributed by atoms with Gasteiger partial charge in [-0.15, -0.1) is 0 Å². The second-order valence-corrected chi connectivity index (χ2v) is 10.1. The van der Waals surface area contributed by atoms with Gasteiger partial charge in [-0.2, -0.15) is 0 Å². The maximum Gasteiger partial charge on any atom is 0.235 e. The van der Waals surface area contributed by atoms with Crippen LogP contribution in [-0.2, 0) is 16.4 Å². The van der Waals surface area contributed by atoms with E-state index in [4.69, 9.17) is 18.9 Å². The van der Waals surface area contributed by atoms with Crippen LogP contribution in [-0.4, -0.2) is 61.7 Å². The molecule has 0 spiro atoms. The Balaban J connectivity index is 1.86. The molecule has 34 heavy (non-hydrogen) atoms. The van der Waals surface area contributed by atoms with E-state index in [1.165, 1.54) is 9.87 Å². The number of nitrogens with zero attached hydrogens (tertiary/aromatic N) is 1. The van der Waals surface area contributed by atoms with Crippen molar-refractivity contribution in [3.63, 3.8) is 0 Å². The van der Waals surface area contributed by atoms with Crippen molar-refractivity contribution in [3.8, 4) is 23.0 Å². The lowest BCUT2D eigenvalue weighted by Crippen LogP contribution is -2.39. The number of methoxy groups -OCH3 is 4. The first-order valence-electron chi connectivity index (χ1n) is 11.4. The van der Waals surface area contributed by atoms with Gasteiger partial charge in [-0.1, -0.05) is 6.07 Å². The Labute approximate surface area is 204 Å². The van der Waals surface area contributed by atoms with Gasteiger partial charge in [0, 0.05) is 24.2 Å². The van der Waals surface area contributed by atoms with Crippen molar-refractivity contribution >= 4 is 15.7 Å². The van der Waals surface area contributed by atoms with Crippen LogP contribution >= 0.6 is 0 Å². The van der Waals surface area contributed by atoms with Crippen LogP contribution in [0.4, 0.5) is 5.69 Å². The highest BCUT2D eigenvalue weighted by Crippen LogP contribution is 2.31. The quantitative estimate of drug-likeness (QED) is 0.376. The lowest BCUT2D eigenvalue weighted by Gasteiger charge is -2.29. The second kappa shape index (κ2) is 13.3. The van der Waals surface area contributed by atoms with Crippen molar-refractivity contribution in [1.29, 1.82) is 0 Å². The van der Waals surface area contributed by atoms with E-state index >= 15 is 0 Å². The first-order valence-corrected chi connectivity index (χ1v) is 13.0. The molecule has 0 heterocycles. The minimum atomic E-state index is -3.52. The molecule has 0 unspecified atom stereocenters. The Morgan fingerprint density at radius 2 is 1.44 bits per heavy atom. The lowest BCUT2D eigenvalue weighted by molar-refractivity contribution is 0.354. The summed E-state index contributed by atoms with van der Waals surface area (Å²) in [5.41, 5.74) is 1.71. The molecule has 1 N–H and O–H groups in total. The highest BCUT2D eigenvalue weighted by molar-refractivity contribution is 7.92. The fourth-order valence-electron chi connectivity index (χ4n) is 3.76. The number of ether oxygens (including phenoxy) is 4. The summed E-state index contributed by atoms with van der Waals surface area (Å²) in [6, 6.07) is 10.8. The lowest BCUT2D eigenvalue weighted by atomic mass is 10.1. The van der Waals surface area contributed by atoms with Crippen molar-refractivity contribution in [1.82, 2.24) is 5.32 Å². The standard InChI is InChI=1S/C25H38N2O6S/c1-19(2)27(21-16-22(30-3)18-23(17-21)31-4)34(28,29)14-8-13-26-12-7-9-20-10-11-24(32-5)25(15-20)33-6/h10-11,15-19,26H,7-9,12-14H2,1-6H3. The summed E-state index contributed by atoms with van der Waals surface area (Å²) in [5.74, 6) is 2.58. The van der Waals surface area contributed by atoms with Gasteiger partial charge in [-0.3, -0.25) is 4.31 Å².